The largest absolute Gasteiger partial charge is 0.413 e. The third kappa shape index (κ3) is 5.23. The summed E-state index contributed by atoms with van der Waals surface area (Å²) in [5.74, 6) is 1.01. The molecule has 0 bridgehead atoms. The number of carbonyl (C=O) groups excluding carboxylic acids is 1. The zero-order valence-electron chi connectivity index (χ0n) is 13.2. The minimum Gasteiger partial charge on any atom is -0.413 e. The lowest BCUT2D eigenvalue weighted by Gasteiger charge is -2.38. The van der Waals surface area contributed by atoms with Crippen molar-refractivity contribution in [1.29, 1.82) is 0 Å². The molecule has 0 aliphatic rings. The second kappa shape index (κ2) is 8.86. The van der Waals surface area contributed by atoms with Crippen molar-refractivity contribution in [1.82, 2.24) is 0 Å². The molecule has 3 heteroatoms. The summed E-state index contributed by atoms with van der Waals surface area (Å²) in [5.41, 5.74) is 0. The highest BCUT2D eigenvalue weighted by atomic mass is 28.4. The van der Waals surface area contributed by atoms with E-state index in [9.17, 15) is 4.79 Å². The van der Waals surface area contributed by atoms with Crippen LogP contribution in [0.2, 0.25) is 18.1 Å². The smallest absolute Gasteiger partial charge is 0.192 e. The molecule has 0 aliphatic carbocycles. The molecule has 0 fully saturated rings. The molecule has 0 aliphatic heterocycles. The van der Waals surface area contributed by atoms with E-state index in [0.717, 1.165) is 12.7 Å². The van der Waals surface area contributed by atoms with Crippen molar-refractivity contribution in [2.24, 2.45) is 11.8 Å². The topological polar surface area (TPSA) is 26.3 Å². The van der Waals surface area contributed by atoms with Crippen LogP contribution in [0.4, 0.5) is 0 Å². The average molecular weight is 273 g/mol. The van der Waals surface area contributed by atoms with Gasteiger partial charge in [-0.3, -0.25) is 0 Å². The molecule has 0 N–H and O–H groups in total. The Balaban J connectivity index is 4.73. The molecule has 0 aromatic rings. The fourth-order valence-electron chi connectivity index (χ4n) is 2.69. The monoisotopic (exact) mass is 272 g/mol. The molecule has 2 nitrogen and oxygen atoms in total. The molecule has 0 aromatic carbocycles. The molecule has 18 heavy (non-hydrogen) atoms. The van der Waals surface area contributed by atoms with E-state index in [1.54, 1.807) is 0 Å². The van der Waals surface area contributed by atoms with Crippen molar-refractivity contribution in [3.05, 3.63) is 0 Å². The minimum atomic E-state index is -1.53. The first-order valence-corrected chi connectivity index (χ1v) is 10.1. The molecule has 0 aromatic heterocycles. The third-order valence-electron chi connectivity index (χ3n) is 4.28. The van der Waals surface area contributed by atoms with Crippen molar-refractivity contribution in [2.45, 2.75) is 78.6 Å². The standard InChI is InChI=1S/C15H32O2Si/c1-7-18(8-2,9-3)17-15(13(4)5)14(6)11-10-12-16/h12-15H,7-11H2,1-6H3/t14-,15+/m0/s1. The zero-order chi connectivity index (χ0) is 14.2. The van der Waals surface area contributed by atoms with Gasteiger partial charge in [-0.25, -0.2) is 0 Å². The Labute approximate surface area is 115 Å². The van der Waals surface area contributed by atoms with E-state index in [1.807, 2.05) is 0 Å². The van der Waals surface area contributed by atoms with Crippen LogP contribution >= 0.6 is 0 Å². The fourth-order valence-corrected chi connectivity index (χ4v) is 5.78. The van der Waals surface area contributed by atoms with Crippen LogP contribution in [0.25, 0.3) is 0 Å². The van der Waals surface area contributed by atoms with Crippen molar-refractivity contribution in [3.63, 3.8) is 0 Å². The van der Waals surface area contributed by atoms with Gasteiger partial charge in [0.1, 0.15) is 6.29 Å². The molecule has 0 saturated heterocycles. The van der Waals surface area contributed by atoms with Crippen molar-refractivity contribution in [3.8, 4) is 0 Å². The van der Waals surface area contributed by atoms with Crippen LogP contribution in [-0.2, 0) is 9.22 Å². The third-order valence-corrected chi connectivity index (χ3v) is 8.92. The Morgan fingerprint density at radius 3 is 1.89 bits per heavy atom. The molecular weight excluding hydrogens is 240 g/mol. The molecule has 0 amide bonds. The summed E-state index contributed by atoms with van der Waals surface area (Å²) < 4.78 is 6.63. The van der Waals surface area contributed by atoms with Gasteiger partial charge in [0.15, 0.2) is 8.32 Å². The summed E-state index contributed by atoms with van der Waals surface area (Å²) in [6.45, 7) is 13.5. The van der Waals surface area contributed by atoms with Crippen LogP contribution in [0.15, 0.2) is 0 Å². The van der Waals surface area contributed by atoms with Crippen molar-refractivity contribution >= 4 is 14.6 Å². The van der Waals surface area contributed by atoms with Gasteiger partial charge in [-0.1, -0.05) is 41.5 Å². The summed E-state index contributed by atoms with van der Waals surface area (Å²) in [4.78, 5) is 10.5. The highest BCUT2D eigenvalue weighted by molar-refractivity contribution is 6.73. The van der Waals surface area contributed by atoms with Crippen LogP contribution in [0.3, 0.4) is 0 Å². The molecule has 0 radical (unpaired) electrons. The second-order valence-corrected chi connectivity index (χ2v) is 10.5. The Bertz CT molecular complexity index is 216. The van der Waals surface area contributed by atoms with E-state index in [0.29, 0.717) is 24.4 Å². The van der Waals surface area contributed by atoms with Gasteiger partial charge >= 0.3 is 0 Å². The van der Waals surface area contributed by atoms with Crippen LogP contribution in [0.1, 0.15) is 54.4 Å². The summed E-state index contributed by atoms with van der Waals surface area (Å²) in [6.07, 6.45) is 2.95. The van der Waals surface area contributed by atoms with Gasteiger partial charge in [-0.15, -0.1) is 0 Å². The van der Waals surface area contributed by atoms with Crippen LogP contribution in [0.5, 0.6) is 0 Å². The van der Waals surface area contributed by atoms with E-state index < -0.39 is 8.32 Å². The Morgan fingerprint density at radius 2 is 1.56 bits per heavy atom. The summed E-state index contributed by atoms with van der Waals surface area (Å²) in [5, 5.41) is 0. The first-order valence-electron chi connectivity index (χ1n) is 7.57. The number of carbonyl (C=O) groups is 1. The van der Waals surface area contributed by atoms with Gasteiger partial charge in [0, 0.05) is 12.5 Å². The fraction of sp³-hybridized carbons (Fsp3) is 0.933. The minimum absolute atomic E-state index is 0.316. The average Bonchev–Trinajstić information content (AvgIpc) is 2.38. The van der Waals surface area contributed by atoms with E-state index in [2.05, 4.69) is 41.5 Å². The number of hydrogen-bond acceptors (Lipinski definition) is 2. The Kier molecular flexibility index (Phi) is 8.79. The maximum Gasteiger partial charge on any atom is 0.192 e. The summed E-state index contributed by atoms with van der Waals surface area (Å²) in [6, 6.07) is 3.59. The van der Waals surface area contributed by atoms with E-state index in [-0.39, 0.29) is 0 Å². The molecule has 0 unspecified atom stereocenters. The first-order chi connectivity index (χ1) is 8.46. The van der Waals surface area contributed by atoms with Gasteiger partial charge < -0.3 is 9.22 Å². The molecule has 0 heterocycles. The van der Waals surface area contributed by atoms with Gasteiger partial charge in [-0.2, -0.15) is 0 Å². The summed E-state index contributed by atoms with van der Waals surface area (Å²) >= 11 is 0. The maximum atomic E-state index is 10.5. The van der Waals surface area contributed by atoms with Gasteiger partial charge in [0.25, 0.3) is 0 Å². The lowest BCUT2D eigenvalue weighted by atomic mass is 9.91. The number of hydrogen-bond donors (Lipinski definition) is 0. The van der Waals surface area contributed by atoms with Crippen LogP contribution < -0.4 is 0 Å². The lowest BCUT2D eigenvalue weighted by molar-refractivity contribution is -0.108. The van der Waals surface area contributed by atoms with Gasteiger partial charge in [0.05, 0.1) is 0 Å². The SMILES string of the molecule is CC[Si](CC)(CC)O[C@H](C(C)C)[C@@H](C)CCC=O. The quantitative estimate of drug-likeness (QED) is 0.427. The van der Waals surface area contributed by atoms with E-state index in [1.165, 1.54) is 18.1 Å². The zero-order valence-corrected chi connectivity index (χ0v) is 14.2. The Hall–Kier alpha value is -0.153. The van der Waals surface area contributed by atoms with Crippen LogP contribution in [-0.4, -0.2) is 20.7 Å². The molecular formula is C15H32O2Si. The van der Waals surface area contributed by atoms with Crippen molar-refractivity contribution < 1.29 is 9.22 Å². The highest BCUT2D eigenvalue weighted by Crippen LogP contribution is 2.30. The highest BCUT2D eigenvalue weighted by Gasteiger charge is 2.34. The number of aldehydes is 1. The molecule has 0 saturated carbocycles. The van der Waals surface area contributed by atoms with Gasteiger partial charge in [0.2, 0.25) is 0 Å². The van der Waals surface area contributed by atoms with Gasteiger partial charge in [-0.05, 0) is 36.4 Å². The van der Waals surface area contributed by atoms with E-state index in [4.69, 9.17) is 4.43 Å². The second-order valence-electron chi connectivity index (χ2n) is 5.79. The number of rotatable bonds is 10. The van der Waals surface area contributed by atoms with E-state index >= 15 is 0 Å². The molecule has 108 valence electrons. The normalized spacial score (nSPS) is 15.7. The Morgan fingerprint density at radius 1 is 1.06 bits per heavy atom. The predicted octanol–water partition coefficient (Wildman–Crippen LogP) is 4.65. The first kappa shape index (κ1) is 17.8. The predicted molar refractivity (Wildman–Crippen MR) is 81.4 cm³/mol. The molecule has 0 rings (SSSR count). The summed E-state index contributed by atoms with van der Waals surface area (Å²) in [7, 11) is -1.53. The molecule has 2 atom stereocenters. The van der Waals surface area contributed by atoms with Crippen molar-refractivity contribution in [2.75, 3.05) is 0 Å². The maximum absolute atomic E-state index is 10.5. The molecule has 0 spiro atoms. The lowest BCUT2D eigenvalue weighted by Crippen LogP contribution is -2.44. The van der Waals surface area contributed by atoms with Crippen LogP contribution in [0, 0.1) is 11.8 Å².